The van der Waals surface area contributed by atoms with Gasteiger partial charge in [-0.3, -0.25) is 4.79 Å². The second-order valence-corrected chi connectivity index (χ2v) is 4.59. The number of carbonyl (C=O) groups is 1. The summed E-state index contributed by atoms with van der Waals surface area (Å²) in [6.07, 6.45) is 0. The van der Waals surface area contributed by atoms with E-state index in [1.807, 2.05) is 68.4 Å². The van der Waals surface area contributed by atoms with E-state index in [9.17, 15) is 4.79 Å². The summed E-state index contributed by atoms with van der Waals surface area (Å²) < 4.78 is 0. The van der Waals surface area contributed by atoms with Crippen LogP contribution in [0, 0.1) is 6.92 Å². The average Bonchev–Trinajstić information content (AvgIpc) is 2.42. The quantitative estimate of drug-likeness (QED) is 0.877. The maximum atomic E-state index is 12.0. The Kier molecular flexibility index (Phi) is 4.18. The lowest BCUT2D eigenvalue weighted by Gasteiger charge is -2.15. The number of para-hydroxylation sites is 1. The molecule has 0 bridgehead atoms. The second-order valence-electron chi connectivity index (χ2n) is 4.59. The molecule has 3 nitrogen and oxygen atoms in total. The van der Waals surface area contributed by atoms with Crippen LogP contribution in [0.4, 0.5) is 11.4 Å². The van der Waals surface area contributed by atoms with E-state index in [2.05, 4.69) is 10.6 Å². The van der Waals surface area contributed by atoms with Crippen molar-refractivity contribution < 1.29 is 4.79 Å². The van der Waals surface area contributed by atoms with Crippen LogP contribution in [0.3, 0.4) is 0 Å². The average molecular weight is 254 g/mol. The van der Waals surface area contributed by atoms with Gasteiger partial charge in [0.2, 0.25) is 5.91 Å². The molecule has 1 atom stereocenters. The van der Waals surface area contributed by atoms with Gasteiger partial charge in [-0.15, -0.1) is 0 Å². The van der Waals surface area contributed by atoms with Crippen LogP contribution in [0.15, 0.2) is 54.6 Å². The normalized spacial score (nSPS) is 11.7. The Morgan fingerprint density at radius 2 is 1.58 bits per heavy atom. The number of carbonyl (C=O) groups excluding carboxylic acids is 1. The molecule has 3 heteroatoms. The van der Waals surface area contributed by atoms with Crippen LogP contribution in [0.25, 0.3) is 0 Å². The van der Waals surface area contributed by atoms with Gasteiger partial charge in [-0.25, -0.2) is 0 Å². The number of nitrogens with one attached hydrogen (secondary N) is 2. The Bertz CT molecular complexity index is 534. The predicted molar refractivity (Wildman–Crippen MR) is 79.3 cm³/mol. The highest BCUT2D eigenvalue weighted by Gasteiger charge is 2.12. The molecular weight excluding hydrogens is 236 g/mol. The van der Waals surface area contributed by atoms with E-state index in [4.69, 9.17) is 0 Å². The molecule has 2 aromatic rings. The van der Waals surface area contributed by atoms with Crippen molar-refractivity contribution in [3.63, 3.8) is 0 Å². The fourth-order valence-corrected chi connectivity index (χ4v) is 1.74. The highest BCUT2D eigenvalue weighted by atomic mass is 16.2. The first-order valence-electron chi connectivity index (χ1n) is 6.34. The zero-order valence-corrected chi connectivity index (χ0v) is 11.2. The van der Waals surface area contributed by atoms with Gasteiger partial charge < -0.3 is 10.6 Å². The summed E-state index contributed by atoms with van der Waals surface area (Å²) in [6, 6.07) is 17.2. The molecule has 0 aliphatic heterocycles. The van der Waals surface area contributed by atoms with E-state index in [1.165, 1.54) is 5.56 Å². The van der Waals surface area contributed by atoms with E-state index in [0.717, 1.165) is 11.4 Å². The van der Waals surface area contributed by atoms with Crippen LogP contribution in [-0.2, 0) is 4.79 Å². The minimum Gasteiger partial charge on any atom is -0.374 e. The summed E-state index contributed by atoms with van der Waals surface area (Å²) in [5, 5.41) is 6.05. The summed E-state index contributed by atoms with van der Waals surface area (Å²) >= 11 is 0. The van der Waals surface area contributed by atoms with Gasteiger partial charge in [-0.05, 0) is 38.1 Å². The Morgan fingerprint density at radius 1 is 0.947 bits per heavy atom. The van der Waals surface area contributed by atoms with Gasteiger partial charge in [0.1, 0.15) is 6.04 Å². The number of hydrogen-bond donors (Lipinski definition) is 2. The Hall–Kier alpha value is -2.29. The molecule has 0 unspecified atom stereocenters. The summed E-state index contributed by atoms with van der Waals surface area (Å²) in [5.41, 5.74) is 2.93. The van der Waals surface area contributed by atoms with Gasteiger partial charge in [-0.1, -0.05) is 35.9 Å². The van der Waals surface area contributed by atoms with E-state index in [0.29, 0.717) is 0 Å². The van der Waals surface area contributed by atoms with Crippen molar-refractivity contribution in [3.05, 3.63) is 60.2 Å². The first-order valence-corrected chi connectivity index (χ1v) is 6.34. The lowest BCUT2D eigenvalue weighted by molar-refractivity contribution is -0.116. The minimum atomic E-state index is -0.288. The molecule has 0 aliphatic carbocycles. The van der Waals surface area contributed by atoms with Crippen LogP contribution >= 0.6 is 0 Å². The fourth-order valence-electron chi connectivity index (χ4n) is 1.74. The molecule has 0 fully saturated rings. The smallest absolute Gasteiger partial charge is 0.246 e. The highest BCUT2D eigenvalue weighted by Crippen LogP contribution is 2.11. The molecule has 0 aliphatic rings. The van der Waals surface area contributed by atoms with Crippen LogP contribution in [0.1, 0.15) is 12.5 Å². The molecule has 2 N–H and O–H groups in total. The first-order chi connectivity index (χ1) is 9.15. The zero-order valence-electron chi connectivity index (χ0n) is 11.2. The van der Waals surface area contributed by atoms with Crippen molar-refractivity contribution in [3.8, 4) is 0 Å². The number of benzene rings is 2. The number of aryl methyl sites for hydroxylation is 1. The number of anilines is 2. The van der Waals surface area contributed by atoms with Crippen molar-refractivity contribution in [2.45, 2.75) is 19.9 Å². The molecular formula is C16H18N2O. The third-order valence-electron chi connectivity index (χ3n) is 2.87. The van der Waals surface area contributed by atoms with Gasteiger partial charge >= 0.3 is 0 Å². The summed E-state index contributed by atoms with van der Waals surface area (Å²) in [4.78, 5) is 12.0. The summed E-state index contributed by atoms with van der Waals surface area (Å²) in [7, 11) is 0. The highest BCUT2D eigenvalue weighted by molar-refractivity contribution is 5.96. The molecule has 0 heterocycles. The largest absolute Gasteiger partial charge is 0.374 e. The Balaban J connectivity index is 1.94. The fraction of sp³-hybridized carbons (Fsp3) is 0.188. The topological polar surface area (TPSA) is 41.1 Å². The van der Waals surface area contributed by atoms with E-state index in [-0.39, 0.29) is 11.9 Å². The van der Waals surface area contributed by atoms with Gasteiger partial charge in [0.25, 0.3) is 0 Å². The molecule has 0 aromatic heterocycles. The molecule has 98 valence electrons. The molecule has 0 saturated heterocycles. The van der Waals surface area contributed by atoms with Crippen LogP contribution in [-0.4, -0.2) is 11.9 Å². The third-order valence-corrected chi connectivity index (χ3v) is 2.87. The molecule has 19 heavy (non-hydrogen) atoms. The lowest BCUT2D eigenvalue weighted by Crippen LogP contribution is -2.31. The first kappa shape index (κ1) is 13.1. The number of hydrogen-bond acceptors (Lipinski definition) is 2. The summed E-state index contributed by atoms with van der Waals surface area (Å²) in [5.74, 6) is -0.0484. The molecule has 2 aromatic carbocycles. The van der Waals surface area contributed by atoms with Crippen molar-refractivity contribution in [1.29, 1.82) is 0 Å². The molecule has 1 amide bonds. The maximum absolute atomic E-state index is 12.0. The lowest BCUT2D eigenvalue weighted by atomic mass is 10.2. The number of rotatable bonds is 4. The van der Waals surface area contributed by atoms with Crippen molar-refractivity contribution in [2.75, 3.05) is 10.6 Å². The van der Waals surface area contributed by atoms with E-state index < -0.39 is 0 Å². The van der Waals surface area contributed by atoms with Crippen molar-refractivity contribution >= 4 is 17.3 Å². The third kappa shape index (κ3) is 3.85. The maximum Gasteiger partial charge on any atom is 0.246 e. The zero-order chi connectivity index (χ0) is 13.7. The monoisotopic (exact) mass is 254 g/mol. The number of amides is 1. The predicted octanol–water partition coefficient (Wildman–Crippen LogP) is 3.43. The van der Waals surface area contributed by atoms with Crippen molar-refractivity contribution in [2.24, 2.45) is 0 Å². The van der Waals surface area contributed by atoms with E-state index in [1.54, 1.807) is 0 Å². The van der Waals surface area contributed by atoms with Crippen LogP contribution in [0.2, 0.25) is 0 Å². The molecule has 0 spiro atoms. The van der Waals surface area contributed by atoms with Crippen LogP contribution < -0.4 is 10.6 Å². The van der Waals surface area contributed by atoms with Gasteiger partial charge in [-0.2, -0.15) is 0 Å². The van der Waals surface area contributed by atoms with E-state index >= 15 is 0 Å². The second kappa shape index (κ2) is 6.05. The summed E-state index contributed by atoms with van der Waals surface area (Å²) in [6.45, 7) is 3.86. The minimum absolute atomic E-state index is 0.0484. The molecule has 0 saturated carbocycles. The van der Waals surface area contributed by atoms with Crippen LogP contribution in [0.5, 0.6) is 0 Å². The van der Waals surface area contributed by atoms with Gasteiger partial charge in [0, 0.05) is 11.4 Å². The molecule has 0 radical (unpaired) electrons. The Morgan fingerprint density at radius 3 is 2.21 bits per heavy atom. The van der Waals surface area contributed by atoms with Gasteiger partial charge in [0.15, 0.2) is 0 Å². The molecule has 2 rings (SSSR count). The Labute approximate surface area is 113 Å². The van der Waals surface area contributed by atoms with Gasteiger partial charge in [0.05, 0.1) is 0 Å². The standard InChI is InChI=1S/C16H18N2O/c1-12-8-10-15(11-9-12)18-16(19)13(2)17-14-6-4-3-5-7-14/h3-11,13,17H,1-2H3,(H,18,19)/t13-/m0/s1. The SMILES string of the molecule is Cc1ccc(NC(=O)[C@H](C)Nc2ccccc2)cc1. The van der Waals surface area contributed by atoms with Crippen molar-refractivity contribution in [1.82, 2.24) is 0 Å².